The van der Waals surface area contributed by atoms with E-state index >= 15 is 0 Å². The van der Waals surface area contributed by atoms with Crippen molar-refractivity contribution in [2.75, 3.05) is 6.54 Å². The van der Waals surface area contributed by atoms with Crippen molar-refractivity contribution in [3.8, 4) is 0 Å². The van der Waals surface area contributed by atoms with Crippen molar-refractivity contribution >= 4 is 5.91 Å². The molecule has 96 valence electrons. The predicted octanol–water partition coefficient (Wildman–Crippen LogP) is 1.85. The van der Waals surface area contributed by atoms with Crippen molar-refractivity contribution in [1.82, 2.24) is 10.6 Å². The van der Waals surface area contributed by atoms with E-state index < -0.39 is 0 Å². The van der Waals surface area contributed by atoms with Crippen molar-refractivity contribution in [3.05, 3.63) is 23.7 Å². The molecule has 2 N–H and O–H groups in total. The Hall–Kier alpha value is -1.29. The lowest BCUT2D eigenvalue weighted by atomic mass is 10.3. The van der Waals surface area contributed by atoms with Crippen molar-refractivity contribution < 1.29 is 9.21 Å². The zero-order chi connectivity index (χ0) is 12.7. The van der Waals surface area contributed by atoms with Crippen LogP contribution in [0.15, 0.2) is 16.5 Å². The standard InChI is InChI=1S/C13H22N2O2/c1-4-11-5-6-12(17-11)9-14-8-7-13(16)15-10(2)3/h5-6,10,14H,4,7-9H2,1-3H3,(H,15,16). The number of carbonyl (C=O) groups excluding carboxylic acids is 1. The summed E-state index contributed by atoms with van der Waals surface area (Å²) in [6.07, 6.45) is 1.41. The quantitative estimate of drug-likeness (QED) is 0.713. The third kappa shape index (κ3) is 5.54. The minimum absolute atomic E-state index is 0.0844. The van der Waals surface area contributed by atoms with Gasteiger partial charge in [0.2, 0.25) is 5.91 Å². The first-order chi connectivity index (χ1) is 8.11. The molecule has 4 heteroatoms. The molecule has 0 aliphatic heterocycles. The molecule has 0 saturated heterocycles. The van der Waals surface area contributed by atoms with E-state index in [1.807, 2.05) is 26.0 Å². The highest BCUT2D eigenvalue weighted by Crippen LogP contribution is 2.07. The Kier molecular flexibility index (Phi) is 5.77. The van der Waals surface area contributed by atoms with Gasteiger partial charge in [-0.15, -0.1) is 0 Å². The Morgan fingerprint density at radius 2 is 2.06 bits per heavy atom. The lowest BCUT2D eigenvalue weighted by Gasteiger charge is -2.08. The zero-order valence-electron chi connectivity index (χ0n) is 10.9. The fraction of sp³-hybridized carbons (Fsp3) is 0.615. The van der Waals surface area contributed by atoms with Gasteiger partial charge >= 0.3 is 0 Å². The van der Waals surface area contributed by atoms with Crippen molar-refractivity contribution in [2.45, 2.75) is 46.2 Å². The minimum Gasteiger partial charge on any atom is -0.465 e. The van der Waals surface area contributed by atoms with Crippen molar-refractivity contribution in [1.29, 1.82) is 0 Å². The van der Waals surface area contributed by atoms with Crippen LogP contribution in [0.2, 0.25) is 0 Å². The van der Waals surface area contributed by atoms with E-state index in [2.05, 4.69) is 17.6 Å². The highest BCUT2D eigenvalue weighted by atomic mass is 16.3. The van der Waals surface area contributed by atoms with E-state index in [1.54, 1.807) is 0 Å². The summed E-state index contributed by atoms with van der Waals surface area (Å²) in [5.74, 6) is 2.01. The second-order valence-corrected chi connectivity index (χ2v) is 4.37. The van der Waals surface area contributed by atoms with Crippen molar-refractivity contribution in [3.63, 3.8) is 0 Å². The van der Waals surface area contributed by atoms with E-state index in [9.17, 15) is 4.79 Å². The molecule has 0 saturated carbocycles. The molecule has 0 atom stereocenters. The molecule has 4 nitrogen and oxygen atoms in total. The summed E-state index contributed by atoms with van der Waals surface area (Å²) in [6.45, 7) is 7.32. The first-order valence-electron chi connectivity index (χ1n) is 6.19. The van der Waals surface area contributed by atoms with Gasteiger partial charge in [0.15, 0.2) is 0 Å². The number of carbonyl (C=O) groups is 1. The van der Waals surface area contributed by atoms with Crippen LogP contribution in [0.25, 0.3) is 0 Å². The number of rotatable bonds is 7. The van der Waals surface area contributed by atoms with Crippen LogP contribution in [-0.4, -0.2) is 18.5 Å². The number of amides is 1. The maximum absolute atomic E-state index is 11.3. The largest absolute Gasteiger partial charge is 0.465 e. The predicted molar refractivity (Wildman–Crippen MR) is 67.7 cm³/mol. The molecule has 1 amide bonds. The van der Waals surface area contributed by atoms with E-state index in [0.29, 0.717) is 19.5 Å². The number of hydrogen-bond donors (Lipinski definition) is 2. The van der Waals surface area contributed by atoms with Gasteiger partial charge in [0.25, 0.3) is 0 Å². The van der Waals surface area contributed by atoms with Gasteiger partial charge in [-0.05, 0) is 26.0 Å². The molecular weight excluding hydrogens is 216 g/mol. The van der Waals surface area contributed by atoms with Crippen LogP contribution in [0, 0.1) is 0 Å². The summed E-state index contributed by atoms with van der Waals surface area (Å²) in [7, 11) is 0. The highest BCUT2D eigenvalue weighted by molar-refractivity contribution is 5.76. The molecule has 0 unspecified atom stereocenters. The Bertz CT molecular complexity index is 345. The maximum atomic E-state index is 11.3. The fourth-order valence-electron chi connectivity index (χ4n) is 1.52. The van der Waals surface area contributed by atoms with Gasteiger partial charge < -0.3 is 15.1 Å². The molecule has 0 aromatic carbocycles. The minimum atomic E-state index is 0.0844. The second kappa shape index (κ2) is 7.12. The first kappa shape index (κ1) is 13.8. The second-order valence-electron chi connectivity index (χ2n) is 4.37. The average molecular weight is 238 g/mol. The molecule has 0 fully saturated rings. The van der Waals surface area contributed by atoms with Gasteiger partial charge in [0.05, 0.1) is 6.54 Å². The molecule has 17 heavy (non-hydrogen) atoms. The number of hydrogen-bond acceptors (Lipinski definition) is 3. The molecule has 1 heterocycles. The van der Waals surface area contributed by atoms with Crippen LogP contribution >= 0.6 is 0 Å². The van der Waals surface area contributed by atoms with Crippen LogP contribution in [0.4, 0.5) is 0 Å². The van der Waals surface area contributed by atoms with Gasteiger partial charge in [-0.25, -0.2) is 0 Å². The summed E-state index contributed by atoms with van der Waals surface area (Å²) in [6, 6.07) is 4.17. The van der Waals surface area contributed by atoms with Crippen LogP contribution in [-0.2, 0) is 17.8 Å². The van der Waals surface area contributed by atoms with Gasteiger partial charge in [-0.3, -0.25) is 4.79 Å². The van der Waals surface area contributed by atoms with E-state index in [-0.39, 0.29) is 11.9 Å². The molecule has 0 spiro atoms. The number of nitrogens with one attached hydrogen (secondary N) is 2. The third-order valence-electron chi connectivity index (χ3n) is 2.34. The lowest BCUT2D eigenvalue weighted by Crippen LogP contribution is -2.32. The summed E-state index contributed by atoms with van der Waals surface area (Å²) < 4.78 is 5.54. The SMILES string of the molecule is CCc1ccc(CNCCC(=O)NC(C)C)o1. The smallest absolute Gasteiger partial charge is 0.221 e. The number of furan rings is 1. The highest BCUT2D eigenvalue weighted by Gasteiger charge is 2.03. The zero-order valence-corrected chi connectivity index (χ0v) is 10.9. The average Bonchev–Trinajstić information content (AvgIpc) is 2.71. The van der Waals surface area contributed by atoms with E-state index in [0.717, 1.165) is 17.9 Å². The molecule has 0 bridgehead atoms. The van der Waals surface area contributed by atoms with Crippen LogP contribution in [0.1, 0.15) is 38.7 Å². The Morgan fingerprint density at radius 3 is 2.65 bits per heavy atom. The summed E-state index contributed by atoms with van der Waals surface area (Å²) >= 11 is 0. The van der Waals surface area contributed by atoms with Crippen LogP contribution in [0.5, 0.6) is 0 Å². The van der Waals surface area contributed by atoms with Gasteiger partial charge in [-0.1, -0.05) is 6.92 Å². The van der Waals surface area contributed by atoms with Crippen LogP contribution < -0.4 is 10.6 Å². The van der Waals surface area contributed by atoms with Gasteiger partial charge in [-0.2, -0.15) is 0 Å². The number of aryl methyl sites for hydroxylation is 1. The summed E-state index contributed by atoms with van der Waals surface area (Å²) in [5, 5.41) is 6.04. The Balaban J connectivity index is 2.13. The first-order valence-corrected chi connectivity index (χ1v) is 6.19. The summed E-state index contributed by atoms with van der Waals surface area (Å²) in [5.41, 5.74) is 0. The lowest BCUT2D eigenvalue weighted by molar-refractivity contribution is -0.121. The normalized spacial score (nSPS) is 10.8. The Morgan fingerprint density at radius 1 is 1.35 bits per heavy atom. The fourth-order valence-corrected chi connectivity index (χ4v) is 1.52. The van der Waals surface area contributed by atoms with E-state index in [4.69, 9.17) is 4.42 Å². The maximum Gasteiger partial charge on any atom is 0.221 e. The molecule has 1 rings (SSSR count). The van der Waals surface area contributed by atoms with Gasteiger partial charge in [0.1, 0.15) is 11.5 Å². The molecule has 0 radical (unpaired) electrons. The van der Waals surface area contributed by atoms with Crippen LogP contribution in [0.3, 0.4) is 0 Å². The Labute approximate surface area is 103 Å². The van der Waals surface area contributed by atoms with Crippen molar-refractivity contribution in [2.24, 2.45) is 0 Å². The molecule has 0 aliphatic carbocycles. The monoisotopic (exact) mass is 238 g/mol. The van der Waals surface area contributed by atoms with Gasteiger partial charge in [0, 0.05) is 25.4 Å². The molecule has 1 aromatic heterocycles. The third-order valence-corrected chi connectivity index (χ3v) is 2.34. The summed E-state index contributed by atoms with van der Waals surface area (Å²) in [4.78, 5) is 11.3. The topological polar surface area (TPSA) is 54.3 Å². The molecule has 0 aliphatic rings. The molecular formula is C13H22N2O2. The van der Waals surface area contributed by atoms with E-state index in [1.165, 1.54) is 0 Å². The molecule has 1 aromatic rings.